The number of carbonyl (C=O) groups excluding carboxylic acids is 1. The number of anilines is 1. The van der Waals surface area contributed by atoms with Crippen LogP contribution in [-0.4, -0.2) is 15.2 Å². The topological polar surface area (TPSA) is 60.4 Å². The first-order valence-electron chi connectivity index (χ1n) is 6.19. The molecule has 0 unspecified atom stereocenters. The summed E-state index contributed by atoms with van der Waals surface area (Å²) in [4.78, 5) is 18.0. The number of fused-ring (bicyclic) bond motifs is 1. The Morgan fingerprint density at radius 3 is 3.05 bits per heavy atom. The first kappa shape index (κ1) is 12.6. The average molecular weight is 283 g/mol. The largest absolute Gasteiger partial charge is 0.398 e. The maximum atomic E-state index is 11.9. The summed E-state index contributed by atoms with van der Waals surface area (Å²) in [6.07, 6.45) is 9.33. The minimum atomic E-state index is 0.0361. The average Bonchev–Trinajstić information content (AvgIpc) is 3.00. The number of carbonyl (C=O) groups is 1. The van der Waals surface area contributed by atoms with Crippen molar-refractivity contribution in [3.8, 4) is 0 Å². The van der Waals surface area contributed by atoms with E-state index in [0.29, 0.717) is 12.1 Å². The van der Waals surface area contributed by atoms with E-state index in [-0.39, 0.29) is 5.78 Å². The Kier molecular flexibility index (Phi) is 3.35. The van der Waals surface area contributed by atoms with Crippen LogP contribution in [-0.2, 0) is 11.2 Å². The second kappa shape index (κ2) is 5.30. The Hall–Kier alpha value is -2.40. The summed E-state index contributed by atoms with van der Waals surface area (Å²) in [5.74, 6) is 0.0361. The number of benzene rings is 1. The quantitative estimate of drug-likeness (QED) is 0.591. The summed E-state index contributed by atoms with van der Waals surface area (Å²) >= 11 is 1.54. The van der Waals surface area contributed by atoms with Gasteiger partial charge < -0.3 is 5.73 Å². The first-order valence-corrected chi connectivity index (χ1v) is 7.01. The minimum Gasteiger partial charge on any atom is -0.398 e. The van der Waals surface area contributed by atoms with Crippen molar-refractivity contribution in [2.45, 2.75) is 6.42 Å². The van der Waals surface area contributed by atoms with Gasteiger partial charge in [-0.3, -0.25) is 9.20 Å². The van der Waals surface area contributed by atoms with E-state index in [4.69, 9.17) is 5.73 Å². The number of hydrogen-bond acceptors (Lipinski definition) is 4. The number of nitrogens with zero attached hydrogens (tertiary/aromatic N) is 2. The molecule has 2 N–H and O–H groups in total. The van der Waals surface area contributed by atoms with Crippen LogP contribution in [0.15, 0.2) is 48.9 Å². The molecule has 0 aliphatic carbocycles. The number of nitrogens with two attached hydrogens (primary N) is 1. The number of hydrogen-bond donors (Lipinski definition) is 1. The molecule has 1 aromatic carbocycles. The second-order valence-electron chi connectivity index (χ2n) is 4.43. The van der Waals surface area contributed by atoms with Crippen molar-refractivity contribution in [1.29, 1.82) is 0 Å². The highest BCUT2D eigenvalue weighted by Gasteiger charge is 2.04. The van der Waals surface area contributed by atoms with Crippen LogP contribution in [0.4, 0.5) is 5.69 Å². The molecule has 2 heterocycles. The van der Waals surface area contributed by atoms with Crippen LogP contribution in [0.3, 0.4) is 0 Å². The molecule has 0 fully saturated rings. The number of aromatic nitrogens is 2. The molecule has 100 valence electrons. The summed E-state index contributed by atoms with van der Waals surface area (Å²) in [6.45, 7) is 0. The van der Waals surface area contributed by atoms with Crippen molar-refractivity contribution in [1.82, 2.24) is 9.38 Å². The van der Waals surface area contributed by atoms with E-state index in [1.165, 1.54) is 0 Å². The molecular weight excluding hydrogens is 270 g/mol. The highest BCUT2D eigenvalue weighted by Crippen LogP contribution is 2.18. The molecule has 0 spiro atoms. The molecular formula is C15H13N3OS. The predicted molar refractivity (Wildman–Crippen MR) is 81.7 cm³/mol. The van der Waals surface area contributed by atoms with Crippen LogP contribution in [0.1, 0.15) is 10.4 Å². The third-order valence-electron chi connectivity index (χ3n) is 2.96. The number of rotatable bonds is 4. The normalized spacial score (nSPS) is 11.4. The van der Waals surface area contributed by atoms with Gasteiger partial charge in [0.2, 0.25) is 0 Å². The molecule has 3 rings (SSSR count). The van der Waals surface area contributed by atoms with Crippen LogP contribution >= 0.6 is 11.3 Å². The zero-order valence-corrected chi connectivity index (χ0v) is 11.5. The lowest BCUT2D eigenvalue weighted by Gasteiger charge is -2.01. The van der Waals surface area contributed by atoms with Gasteiger partial charge in [0, 0.05) is 35.6 Å². The molecule has 0 atom stereocenters. The van der Waals surface area contributed by atoms with Crippen molar-refractivity contribution in [2.24, 2.45) is 0 Å². The van der Waals surface area contributed by atoms with E-state index in [2.05, 4.69) is 4.98 Å². The summed E-state index contributed by atoms with van der Waals surface area (Å²) in [7, 11) is 0. The van der Waals surface area contributed by atoms with Gasteiger partial charge in [0.1, 0.15) is 0 Å². The zero-order valence-electron chi connectivity index (χ0n) is 10.7. The summed E-state index contributed by atoms with van der Waals surface area (Å²) < 4.78 is 1.93. The second-order valence-corrected chi connectivity index (χ2v) is 5.47. The Labute approximate surface area is 120 Å². The van der Waals surface area contributed by atoms with Crippen LogP contribution < -0.4 is 5.73 Å². The fourth-order valence-corrected chi connectivity index (χ4v) is 2.79. The smallest absolute Gasteiger partial charge is 0.194 e. The Morgan fingerprint density at radius 1 is 1.40 bits per heavy atom. The maximum Gasteiger partial charge on any atom is 0.194 e. The molecule has 0 aliphatic rings. The van der Waals surface area contributed by atoms with Crippen LogP contribution in [0.2, 0.25) is 0 Å². The molecule has 0 aliphatic heterocycles. The molecule has 4 nitrogen and oxygen atoms in total. The van der Waals surface area contributed by atoms with E-state index < -0.39 is 0 Å². The van der Waals surface area contributed by atoms with E-state index >= 15 is 0 Å². The van der Waals surface area contributed by atoms with Gasteiger partial charge in [0.15, 0.2) is 10.7 Å². The maximum absolute atomic E-state index is 11.9. The van der Waals surface area contributed by atoms with Gasteiger partial charge in [-0.1, -0.05) is 29.5 Å². The fraction of sp³-hybridized carbons (Fsp3) is 0.0667. The lowest BCUT2D eigenvalue weighted by molar-refractivity contribution is -0.113. The SMILES string of the molecule is Nc1ccccc1CC(=O)/C=C/c1cn2ccnc2s1. The summed E-state index contributed by atoms with van der Waals surface area (Å²) in [5, 5.41) is 0. The molecule has 5 heteroatoms. The molecule has 0 bridgehead atoms. The highest BCUT2D eigenvalue weighted by atomic mass is 32.1. The van der Waals surface area contributed by atoms with Crippen LogP contribution in [0.5, 0.6) is 0 Å². The number of allylic oxidation sites excluding steroid dienone is 1. The van der Waals surface area contributed by atoms with E-state index in [0.717, 1.165) is 15.4 Å². The lowest BCUT2D eigenvalue weighted by atomic mass is 10.1. The van der Waals surface area contributed by atoms with Crippen molar-refractivity contribution in [3.63, 3.8) is 0 Å². The highest BCUT2D eigenvalue weighted by molar-refractivity contribution is 7.17. The number of ketones is 1. The van der Waals surface area contributed by atoms with Crippen molar-refractivity contribution >= 4 is 33.8 Å². The molecule has 0 saturated carbocycles. The molecule has 0 radical (unpaired) electrons. The van der Waals surface area contributed by atoms with Crippen LogP contribution in [0, 0.1) is 0 Å². The third kappa shape index (κ3) is 2.62. The van der Waals surface area contributed by atoms with Gasteiger partial charge in [-0.05, 0) is 23.8 Å². The number of para-hydroxylation sites is 1. The third-order valence-corrected chi connectivity index (χ3v) is 3.94. The van der Waals surface area contributed by atoms with E-state index in [9.17, 15) is 4.79 Å². The van der Waals surface area contributed by atoms with Crippen molar-refractivity contribution in [3.05, 3.63) is 59.4 Å². The number of imidazole rings is 1. The molecule has 0 saturated heterocycles. The van der Waals surface area contributed by atoms with Gasteiger partial charge in [-0.25, -0.2) is 4.98 Å². The zero-order chi connectivity index (χ0) is 13.9. The molecule has 3 aromatic rings. The molecule has 20 heavy (non-hydrogen) atoms. The summed E-state index contributed by atoms with van der Waals surface area (Å²) in [5.41, 5.74) is 7.35. The van der Waals surface area contributed by atoms with Gasteiger partial charge in [0.05, 0.1) is 0 Å². The first-order chi connectivity index (χ1) is 9.72. The molecule has 0 amide bonds. The van der Waals surface area contributed by atoms with Gasteiger partial charge in [-0.15, -0.1) is 0 Å². The molecule has 2 aromatic heterocycles. The standard InChI is InChI=1S/C15H13N3OS/c16-14-4-2-1-3-11(14)9-12(19)5-6-13-10-18-8-7-17-15(18)20-13/h1-8,10H,9,16H2/b6-5+. The van der Waals surface area contributed by atoms with E-state index in [1.54, 1.807) is 29.7 Å². The Balaban J connectivity index is 1.71. The van der Waals surface area contributed by atoms with Crippen molar-refractivity contribution in [2.75, 3.05) is 5.73 Å². The Morgan fingerprint density at radius 2 is 2.25 bits per heavy atom. The fourth-order valence-electron chi connectivity index (χ4n) is 1.94. The predicted octanol–water partition coefficient (Wildman–Crippen LogP) is 2.80. The van der Waals surface area contributed by atoms with E-state index in [1.807, 2.05) is 41.1 Å². The number of thiazole rings is 1. The van der Waals surface area contributed by atoms with Gasteiger partial charge >= 0.3 is 0 Å². The Bertz CT molecular complexity index is 757. The monoisotopic (exact) mass is 283 g/mol. The van der Waals surface area contributed by atoms with Gasteiger partial charge in [-0.2, -0.15) is 0 Å². The minimum absolute atomic E-state index is 0.0361. The summed E-state index contributed by atoms with van der Waals surface area (Å²) in [6, 6.07) is 7.43. The van der Waals surface area contributed by atoms with Gasteiger partial charge in [0.25, 0.3) is 0 Å². The van der Waals surface area contributed by atoms with Crippen LogP contribution in [0.25, 0.3) is 11.0 Å². The number of nitrogen functional groups attached to an aromatic ring is 1. The lowest BCUT2D eigenvalue weighted by Crippen LogP contribution is -2.01. The van der Waals surface area contributed by atoms with Crippen molar-refractivity contribution < 1.29 is 4.79 Å².